The number of halogens is 1. The van der Waals surface area contributed by atoms with E-state index in [1.807, 2.05) is 65.7 Å². The molecule has 2 aromatic carbocycles. The van der Waals surface area contributed by atoms with Crippen molar-refractivity contribution in [2.24, 2.45) is 0 Å². The van der Waals surface area contributed by atoms with Crippen LogP contribution in [-0.4, -0.2) is 58.7 Å². The van der Waals surface area contributed by atoms with E-state index >= 15 is 0 Å². The molecule has 6 nitrogen and oxygen atoms in total. The molecular formula is C26H30ClN3O3. The highest BCUT2D eigenvalue weighted by atomic mass is 35.5. The SMILES string of the molecule is COC(=O)CCCN(Cc1ccc(Cl)cc1)CC1(C)CCN1C(=O)n1ccc2ccccc21. The summed E-state index contributed by atoms with van der Waals surface area (Å²) < 4.78 is 6.54. The maximum Gasteiger partial charge on any atom is 0.329 e. The standard InChI is InChI=1S/C26H30ClN3O3/c1-26(14-17-30(26)25(32)29-16-13-21-6-3-4-7-23(21)29)19-28(15-5-8-24(31)33-2)18-20-9-11-22(27)12-10-20/h3-4,6-7,9-13,16H,5,8,14-15,17-19H2,1-2H3. The molecular weight excluding hydrogens is 438 g/mol. The van der Waals surface area contributed by atoms with Crippen LogP contribution in [0, 0.1) is 0 Å². The Morgan fingerprint density at radius 3 is 2.58 bits per heavy atom. The van der Waals surface area contributed by atoms with E-state index in [9.17, 15) is 9.59 Å². The Labute approximate surface area is 199 Å². The van der Waals surface area contributed by atoms with Crippen LogP contribution in [0.5, 0.6) is 0 Å². The lowest BCUT2D eigenvalue weighted by molar-refractivity contribution is -0.140. The summed E-state index contributed by atoms with van der Waals surface area (Å²) in [4.78, 5) is 29.3. The number of carbonyl (C=O) groups is 2. The number of benzene rings is 2. The summed E-state index contributed by atoms with van der Waals surface area (Å²) in [5.74, 6) is -0.201. The molecule has 0 radical (unpaired) electrons. The summed E-state index contributed by atoms with van der Waals surface area (Å²) in [6.45, 7) is 5.07. The highest BCUT2D eigenvalue weighted by Gasteiger charge is 2.45. The highest BCUT2D eigenvalue weighted by molar-refractivity contribution is 6.30. The Balaban J connectivity index is 1.49. The van der Waals surface area contributed by atoms with Gasteiger partial charge in [0.05, 0.1) is 18.2 Å². The van der Waals surface area contributed by atoms with Crippen molar-refractivity contribution in [2.45, 2.75) is 38.3 Å². The van der Waals surface area contributed by atoms with Crippen LogP contribution in [-0.2, 0) is 16.1 Å². The Morgan fingerprint density at radius 1 is 1.12 bits per heavy atom. The summed E-state index contributed by atoms with van der Waals surface area (Å²) in [7, 11) is 1.41. The molecule has 0 N–H and O–H groups in total. The van der Waals surface area contributed by atoms with E-state index in [0.717, 1.165) is 49.1 Å². The monoisotopic (exact) mass is 467 g/mol. The molecule has 3 aromatic rings. The second-order valence-corrected chi connectivity index (χ2v) is 9.38. The summed E-state index contributed by atoms with van der Waals surface area (Å²) in [5, 5.41) is 1.76. The number of rotatable bonds is 8. The lowest BCUT2D eigenvalue weighted by Crippen LogP contribution is -2.65. The molecule has 4 rings (SSSR count). The summed E-state index contributed by atoms with van der Waals surface area (Å²) in [5.41, 5.74) is 1.79. The van der Waals surface area contributed by atoms with Gasteiger partial charge in [0.1, 0.15) is 0 Å². The molecule has 0 aliphatic carbocycles. The van der Waals surface area contributed by atoms with Crippen LogP contribution in [0.4, 0.5) is 4.79 Å². The number of para-hydroxylation sites is 1. The molecule has 0 spiro atoms. The minimum atomic E-state index is -0.278. The fourth-order valence-electron chi connectivity index (χ4n) is 4.57. The van der Waals surface area contributed by atoms with Gasteiger partial charge in [0.2, 0.25) is 0 Å². The number of hydrogen-bond donors (Lipinski definition) is 0. The van der Waals surface area contributed by atoms with Gasteiger partial charge in [-0.1, -0.05) is 41.9 Å². The molecule has 0 bridgehead atoms. The Hall–Kier alpha value is -2.83. The van der Waals surface area contributed by atoms with Crippen molar-refractivity contribution in [3.63, 3.8) is 0 Å². The van der Waals surface area contributed by atoms with E-state index < -0.39 is 0 Å². The highest BCUT2D eigenvalue weighted by Crippen LogP contribution is 2.33. The Bertz CT molecular complexity index is 1130. The fourth-order valence-corrected chi connectivity index (χ4v) is 4.69. The number of amides is 1. The zero-order valence-electron chi connectivity index (χ0n) is 19.2. The molecule has 1 unspecified atom stereocenters. The fraction of sp³-hybridized carbons (Fsp3) is 0.385. The van der Waals surface area contributed by atoms with Crippen LogP contribution < -0.4 is 0 Å². The third kappa shape index (κ3) is 5.23. The quantitative estimate of drug-likeness (QED) is 0.428. The lowest BCUT2D eigenvalue weighted by Gasteiger charge is -2.52. The van der Waals surface area contributed by atoms with Gasteiger partial charge < -0.3 is 9.64 Å². The van der Waals surface area contributed by atoms with Crippen LogP contribution >= 0.6 is 11.6 Å². The maximum atomic E-state index is 13.4. The number of ether oxygens (including phenoxy) is 1. The normalized spacial score (nSPS) is 17.9. The molecule has 7 heteroatoms. The van der Waals surface area contributed by atoms with Crippen LogP contribution in [0.2, 0.25) is 5.02 Å². The van der Waals surface area contributed by atoms with Crippen molar-refractivity contribution in [2.75, 3.05) is 26.7 Å². The minimum absolute atomic E-state index is 0.00551. The molecule has 1 atom stereocenters. The molecule has 1 fully saturated rings. The number of esters is 1. The smallest absolute Gasteiger partial charge is 0.329 e. The number of methoxy groups -OCH3 is 1. The minimum Gasteiger partial charge on any atom is -0.469 e. The van der Waals surface area contributed by atoms with Crippen LogP contribution in [0.1, 0.15) is 31.7 Å². The largest absolute Gasteiger partial charge is 0.469 e. The van der Waals surface area contributed by atoms with E-state index in [4.69, 9.17) is 16.3 Å². The summed E-state index contributed by atoms with van der Waals surface area (Å²) in [6, 6.07) is 17.7. The first-order valence-electron chi connectivity index (χ1n) is 11.3. The number of aromatic nitrogens is 1. The predicted molar refractivity (Wildman–Crippen MR) is 130 cm³/mol. The number of fused-ring (bicyclic) bond motifs is 1. The summed E-state index contributed by atoms with van der Waals surface area (Å²) >= 11 is 6.05. The second-order valence-electron chi connectivity index (χ2n) is 8.94. The molecule has 1 aromatic heterocycles. The predicted octanol–water partition coefficient (Wildman–Crippen LogP) is 5.18. The van der Waals surface area contributed by atoms with Crippen LogP contribution in [0.3, 0.4) is 0 Å². The van der Waals surface area contributed by atoms with Gasteiger partial charge in [-0.2, -0.15) is 0 Å². The molecule has 1 aliphatic rings. The van der Waals surface area contributed by atoms with Gasteiger partial charge >= 0.3 is 12.0 Å². The van der Waals surface area contributed by atoms with Gasteiger partial charge in [-0.3, -0.25) is 14.3 Å². The zero-order chi connectivity index (χ0) is 23.4. The first-order chi connectivity index (χ1) is 15.9. The van der Waals surface area contributed by atoms with Crippen molar-refractivity contribution >= 4 is 34.5 Å². The van der Waals surface area contributed by atoms with E-state index in [2.05, 4.69) is 11.8 Å². The number of hydrogen-bond acceptors (Lipinski definition) is 4. The van der Waals surface area contributed by atoms with Gasteiger partial charge in [0, 0.05) is 42.7 Å². The van der Waals surface area contributed by atoms with Crippen LogP contribution in [0.15, 0.2) is 60.8 Å². The average Bonchev–Trinajstić information content (AvgIpc) is 3.24. The molecule has 2 heterocycles. The van der Waals surface area contributed by atoms with Crippen molar-refractivity contribution in [3.05, 3.63) is 71.4 Å². The molecule has 1 aliphatic heterocycles. The average molecular weight is 468 g/mol. The number of carbonyl (C=O) groups excluding carboxylic acids is 2. The molecule has 1 amide bonds. The molecule has 33 heavy (non-hydrogen) atoms. The van der Waals surface area contributed by atoms with Crippen molar-refractivity contribution < 1.29 is 14.3 Å². The zero-order valence-corrected chi connectivity index (χ0v) is 19.9. The van der Waals surface area contributed by atoms with E-state index in [1.54, 1.807) is 4.57 Å². The number of nitrogens with zero attached hydrogens (tertiary/aromatic N) is 3. The first-order valence-corrected chi connectivity index (χ1v) is 11.7. The molecule has 0 saturated carbocycles. The van der Waals surface area contributed by atoms with E-state index in [-0.39, 0.29) is 17.5 Å². The molecule has 174 valence electrons. The van der Waals surface area contributed by atoms with Crippen molar-refractivity contribution in [1.82, 2.24) is 14.4 Å². The van der Waals surface area contributed by atoms with Gasteiger partial charge in [0.25, 0.3) is 0 Å². The second kappa shape index (κ2) is 9.98. The first kappa shape index (κ1) is 23.3. The van der Waals surface area contributed by atoms with Crippen molar-refractivity contribution in [3.8, 4) is 0 Å². The van der Waals surface area contributed by atoms with E-state index in [1.165, 1.54) is 7.11 Å². The third-order valence-electron chi connectivity index (χ3n) is 6.53. The summed E-state index contributed by atoms with van der Waals surface area (Å²) in [6.07, 6.45) is 3.87. The Morgan fingerprint density at radius 2 is 1.88 bits per heavy atom. The topological polar surface area (TPSA) is 54.8 Å². The lowest BCUT2D eigenvalue weighted by atomic mass is 9.86. The Kier molecular flexibility index (Phi) is 7.05. The van der Waals surface area contributed by atoms with Gasteiger partial charge in [-0.15, -0.1) is 0 Å². The van der Waals surface area contributed by atoms with Gasteiger partial charge in [0.15, 0.2) is 0 Å². The van der Waals surface area contributed by atoms with Crippen molar-refractivity contribution in [1.29, 1.82) is 0 Å². The third-order valence-corrected chi connectivity index (χ3v) is 6.78. The molecule has 1 saturated heterocycles. The maximum absolute atomic E-state index is 13.4. The van der Waals surface area contributed by atoms with Gasteiger partial charge in [-0.05, 0) is 56.1 Å². The number of likely N-dealkylation sites (tertiary alicyclic amines) is 1. The van der Waals surface area contributed by atoms with Gasteiger partial charge in [-0.25, -0.2) is 4.79 Å². The van der Waals surface area contributed by atoms with Crippen LogP contribution in [0.25, 0.3) is 10.9 Å². The van der Waals surface area contributed by atoms with E-state index in [0.29, 0.717) is 17.9 Å².